The van der Waals surface area contributed by atoms with E-state index >= 15 is 0 Å². The van der Waals surface area contributed by atoms with E-state index in [0.717, 1.165) is 0 Å². The molecule has 0 spiro atoms. The van der Waals surface area contributed by atoms with E-state index in [1.54, 1.807) is 13.8 Å². The van der Waals surface area contributed by atoms with Crippen LogP contribution >= 0.6 is 0 Å². The van der Waals surface area contributed by atoms with Gasteiger partial charge in [-0.05, 0) is 23.8 Å². The summed E-state index contributed by atoms with van der Waals surface area (Å²) in [6.07, 6.45) is 2.43. The monoisotopic (exact) mass is 213 g/mol. The lowest BCUT2D eigenvalue weighted by molar-refractivity contribution is -0.389. The largest absolute Gasteiger partial charge is 0.464 e. The molecule has 0 radical (unpaired) electrons. The molecule has 7 nitrogen and oxygen atoms in total. The number of imidazole rings is 1. The molecule has 0 aromatic carbocycles. The predicted molar refractivity (Wildman–Crippen MR) is 50.2 cm³/mol. The average molecular weight is 213 g/mol. The van der Waals surface area contributed by atoms with E-state index < -0.39 is 16.9 Å². The minimum Gasteiger partial charge on any atom is -0.464 e. The van der Waals surface area contributed by atoms with Crippen LogP contribution in [0.4, 0.5) is 5.82 Å². The molecule has 0 unspecified atom stereocenters. The van der Waals surface area contributed by atoms with Crippen molar-refractivity contribution in [1.82, 2.24) is 9.55 Å². The van der Waals surface area contributed by atoms with Gasteiger partial charge < -0.3 is 14.9 Å². The first-order chi connectivity index (χ1) is 7.06. The zero-order valence-electron chi connectivity index (χ0n) is 8.41. The molecule has 1 atom stereocenters. The van der Waals surface area contributed by atoms with E-state index in [9.17, 15) is 14.9 Å². The van der Waals surface area contributed by atoms with Gasteiger partial charge in [-0.3, -0.25) is 4.57 Å². The van der Waals surface area contributed by atoms with E-state index in [2.05, 4.69) is 4.98 Å². The van der Waals surface area contributed by atoms with Gasteiger partial charge in [0.05, 0.1) is 6.61 Å². The van der Waals surface area contributed by atoms with Crippen LogP contribution in [0.5, 0.6) is 0 Å². The molecular formula is C8H11N3O4. The van der Waals surface area contributed by atoms with Gasteiger partial charge in [0.25, 0.3) is 0 Å². The molecule has 1 rings (SSSR count). The number of nitrogens with zero attached hydrogens (tertiary/aromatic N) is 3. The van der Waals surface area contributed by atoms with Crippen LogP contribution in [-0.4, -0.2) is 27.1 Å². The smallest absolute Gasteiger partial charge is 0.381 e. The fourth-order valence-corrected chi connectivity index (χ4v) is 1.02. The molecule has 1 aromatic rings. The van der Waals surface area contributed by atoms with Crippen LogP contribution in [0.25, 0.3) is 0 Å². The second kappa shape index (κ2) is 4.54. The van der Waals surface area contributed by atoms with E-state index in [4.69, 9.17) is 4.74 Å². The van der Waals surface area contributed by atoms with Crippen molar-refractivity contribution in [2.45, 2.75) is 19.9 Å². The molecule has 0 saturated carbocycles. The second-order valence-corrected chi connectivity index (χ2v) is 2.86. The van der Waals surface area contributed by atoms with Crippen LogP contribution in [0.3, 0.4) is 0 Å². The fraction of sp³-hybridized carbons (Fsp3) is 0.500. The number of hydrogen-bond acceptors (Lipinski definition) is 5. The number of nitro groups is 1. The quantitative estimate of drug-likeness (QED) is 0.421. The Bertz CT molecular complexity index is 374. The van der Waals surface area contributed by atoms with Crippen LogP contribution in [-0.2, 0) is 9.53 Å². The van der Waals surface area contributed by atoms with Crippen molar-refractivity contribution in [2.24, 2.45) is 0 Å². The Kier molecular flexibility index (Phi) is 3.37. The van der Waals surface area contributed by atoms with Gasteiger partial charge in [-0.1, -0.05) is 0 Å². The Morgan fingerprint density at radius 3 is 2.93 bits per heavy atom. The van der Waals surface area contributed by atoms with E-state index in [0.29, 0.717) is 0 Å². The lowest BCUT2D eigenvalue weighted by atomic mass is 10.3. The highest BCUT2D eigenvalue weighted by Gasteiger charge is 2.20. The van der Waals surface area contributed by atoms with Crippen LogP contribution in [0.2, 0.25) is 0 Å². The Balaban J connectivity index is 2.78. The van der Waals surface area contributed by atoms with Crippen molar-refractivity contribution < 1.29 is 14.5 Å². The Morgan fingerprint density at radius 1 is 1.80 bits per heavy atom. The molecule has 82 valence electrons. The van der Waals surface area contributed by atoms with Gasteiger partial charge in [-0.25, -0.2) is 4.79 Å². The maximum atomic E-state index is 11.3. The first-order valence-electron chi connectivity index (χ1n) is 4.40. The molecule has 0 N–H and O–H groups in total. The van der Waals surface area contributed by atoms with Gasteiger partial charge >= 0.3 is 11.8 Å². The fourth-order valence-electron chi connectivity index (χ4n) is 1.02. The number of ether oxygens (including phenoxy) is 1. The third-order valence-electron chi connectivity index (χ3n) is 1.85. The highest BCUT2D eigenvalue weighted by atomic mass is 16.6. The van der Waals surface area contributed by atoms with Crippen molar-refractivity contribution in [2.75, 3.05) is 6.61 Å². The third-order valence-corrected chi connectivity index (χ3v) is 1.85. The van der Waals surface area contributed by atoms with E-state index in [1.165, 1.54) is 17.1 Å². The molecule has 0 saturated heterocycles. The number of carbonyl (C=O) groups is 1. The lowest BCUT2D eigenvalue weighted by Gasteiger charge is -2.09. The first-order valence-corrected chi connectivity index (χ1v) is 4.40. The summed E-state index contributed by atoms with van der Waals surface area (Å²) in [6, 6.07) is -0.605. The summed E-state index contributed by atoms with van der Waals surface area (Å²) in [5, 5.41) is 10.3. The van der Waals surface area contributed by atoms with E-state index in [1.807, 2.05) is 0 Å². The molecular weight excluding hydrogens is 202 g/mol. The normalized spacial score (nSPS) is 12.1. The average Bonchev–Trinajstić information content (AvgIpc) is 2.65. The van der Waals surface area contributed by atoms with Crippen LogP contribution in [0.15, 0.2) is 12.5 Å². The standard InChI is InChI=1S/C8H11N3O4/c1-3-15-8(12)6(2)10-4-7(9-5-10)11(13)14/h4-6H,3H2,1-2H3/t6-/m1/s1. The maximum Gasteiger partial charge on any atom is 0.381 e. The van der Waals surface area contributed by atoms with Gasteiger partial charge in [-0.2, -0.15) is 0 Å². The molecule has 0 aliphatic heterocycles. The van der Waals surface area contributed by atoms with Crippen molar-refractivity contribution in [3.05, 3.63) is 22.6 Å². The molecule has 15 heavy (non-hydrogen) atoms. The highest BCUT2D eigenvalue weighted by Crippen LogP contribution is 2.13. The number of rotatable bonds is 4. The number of carbonyl (C=O) groups excluding carboxylic acids is 1. The molecule has 0 bridgehead atoms. The summed E-state index contributed by atoms with van der Waals surface area (Å²) in [4.78, 5) is 24.5. The van der Waals surface area contributed by atoms with Crippen LogP contribution < -0.4 is 0 Å². The van der Waals surface area contributed by atoms with Crippen molar-refractivity contribution >= 4 is 11.8 Å². The zero-order valence-corrected chi connectivity index (χ0v) is 8.41. The molecule has 1 aromatic heterocycles. The highest BCUT2D eigenvalue weighted by molar-refractivity contribution is 5.73. The maximum absolute atomic E-state index is 11.3. The third kappa shape index (κ3) is 2.52. The summed E-state index contributed by atoms with van der Waals surface area (Å²) in [5.74, 6) is -0.726. The van der Waals surface area contributed by atoms with E-state index in [-0.39, 0.29) is 12.4 Å². The topological polar surface area (TPSA) is 87.3 Å². The Hall–Kier alpha value is -1.92. The summed E-state index contributed by atoms with van der Waals surface area (Å²) in [7, 11) is 0. The SMILES string of the molecule is CCOC(=O)[C@@H](C)n1cnc([N+](=O)[O-])c1. The first kappa shape index (κ1) is 11.2. The number of aromatic nitrogens is 2. The lowest BCUT2D eigenvalue weighted by Crippen LogP contribution is -2.17. The molecule has 0 amide bonds. The van der Waals surface area contributed by atoms with Gasteiger partial charge in [0.2, 0.25) is 6.33 Å². The zero-order chi connectivity index (χ0) is 11.4. The molecule has 7 heteroatoms. The molecule has 0 fully saturated rings. The Morgan fingerprint density at radius 2 is 2.47 bits per heavy atom. The van der Waals surface area contributed by atoms with Crippen LogP contribution in [0.1, 0.15) is 19.9 Å². The molecule has 0 aliphatic rings. The summed E-state index contributed by atoms with van der Waals surface area (Å²) >= 11 is 0. The van der Waals surface area contributed by atoms with Gasteiger partial charge in [-0.15, -0.1) is 0 Å². The minimum absolute atomic E-state index is 0.278. The number of esters is 1. The van der Waals surface area contributed by atoms with Crippen molar-refractivity contribution in [3.63, 3.8) is 0 Å². The molecule has 1 heterocycles. The molecule has 0 aliphatic carbocycles. The van der Waals surface area contributed by atoms with Crippen molar-refractivity contribution in [3.8, 4) is 0 Å². The van der Waals surface area contributed by atoms with Crippen LogP contribution in [0, 0.1) is 10.1 Å². The second-order valence-electron chi connectivity index (χ2n) is 2.86. The predicted octanol–water partition coefficient (Wildman–Crippen LogP) is 0.915. The minimum atomic E-state index is -0.617. The van der Waals surface area contributed by atoms with Gasteiger partial charge in [0.1, 0.15) is 12.2 Å². The van der Waals surface area contributed by atoms with Gasteiger partial charge in [0, 0.05) is 0 Å². The Labute approximate surface area is 85.8 Å². The summed E-state index contributed by atoms with van der Waals surface area (Å²) in [5.41, 5.74) is 0. The summed E-state index contributed by atoms with van der Waals surface area (Å²) < 4.78 is 6.11. The number of hydrogen-bond donors (Lipinski definition) is 0. The summed E-state index contributed by atoms with van der Waals surface area (Å²) in [6.45, 7) is 3.56. The van der Waals surface area contributed by atoms with Crippen molar-refractivity contribution in [1.29, 1.82) is 0 Å². The van der Waals surface area contributed by atoms with Gasteiger partial charge in [0.15, 0.2) is 0 Å².